The third-order valence-electron chi connectivity index (χ3n) is 6.70. The van der Waals surface area contributed by atoms with Gasteiger partial charge in [0.2, 0.25) is 0 Å². The number of anilines is 1. The summed E-state index contributed by atoms with van der Waals surface area (Å²) in [6, 6.07) is 15.8. The molecule has 0 radical (unpaired) electrons. The van der Waals surface area contributed by atoms with E-state index < -0.39 is 5.82 Å². The van der Waals surface area contributed by atoms with Gasteiger partial charge in [0.25, 0.3) is 0 Å². The van der Waals surface area contributed by atoms with Crippen molar-refractivity contribution < 1.29 is 18.6 Å². The molecule has 0 spiro atoms. The van der Waals surface area contributed by atoms with E-state index in [0.29, 0.717) is 54.2 Å². The lowest BCUT2D eigenvalue weighted by atomic mass is 10.1. The molecule has 1 aliphatic rings. The molecule has 10 heteroatoms. The van der Waals surface area contributed by atoms with Crippen LogP contribution in [0.2, 0.25) is 0 Å². The molecule has 0 saturated carbocycles. The van der Waals surface area contributed by atoms with Gasteiger partial charge in [-0.2, -0.15) is 5.10 Å². The number of nitrogens with two attached hydrogens (primary N) is 1. The van der Waals surface area contributed by atoms with Crippen LogP contribution in [-0.4, -0.2) is 37.5 Å². The van der Waals surface area contributed by atoms with Gasteiger partial charge in [-0.3, -0.25) is 0 Å². The Kier molecular flexibility index (Phi) is 6.38. The predicted octanol–water partition coefficient (Wildman–Crippen LogP) is 5.28. The Bertz CT molecular complexity index is 1570. The lowest BCUT2D eigenvalue weighted by Crippen LogP contribution is -2.20. The van der Waals surface area contributed by atoms with Crippen molar-refractivity contribution in [2.24, 2.45) is 7.05 Å². The highest BCUT2D eigenvalue weighted by atomic mass is 19.1. The number of hydrogen-bond donors (Lipinski definition) is 1. The normalized spacial score (nSPS) is 14.2. The molecule has 0 aliphatic carbocycles. The molecule has 1 saturated heterocycles. The predicted molar refractivity (Wildman–Crippen MR) is 140 cm³/mol. The molecule has 0 atom stereocenters. The second-order valence-corrected chi connectivity index (χ2v) is 9.24. The van der Waals surface area contributed by atoms with Crippen molar-refractivity contribution in [3.05, 3.63) is 78.6 Å². The van der Waals surface area contributed by atoms with E-state index in [9.17, 15) is 4.39 Å². The van der Waals surface area contributed by atoms with E-state index in [1.165, 1.54) is 18.5 Å². The second kappa shape index (κ2) is 10.1. The van der Waals surface area contributed by atoms with Gasteiger partial charge in [0.05, 0.1) is 17.1 Å². The molecule has 1 fully saturated rings. The molecular formula is C28H27FN6O3. The summed E-state index contributed by atoms with van der Waals surface area (Å²) in [6.07, 6.45) is 5.11. The molecule has 5 aromatic rings. The molecule has 38 heavy (non-hydrogen) atoms. The van der Waals surface area contributed by atoms with Crippen LogP contribution >= 0.6 is 0 Å². The van der Waals surface area contributed by atoms with Crippen LogP contribution in [0.3, 0.4) is 0 Å². The number of halogens is 1. The number of aromatic nitrogens is 5. The van der Waals surface area contributed by atoms with Gasteiger partial charge >= 0.3 is 0 Å². The molecule has 6 rings (SSSR count). The summed E-state index contributed by atoms with van der Waals surface area (Å²) in [7, 11) is 1.93. The molecule has 0 bridgehead atoms. The maximum Gasteiger partial charge on any atom is 0.164 e. The molecule has 2 aromatic carbocycles. The monoisotopic (exact) mass is 514 g/mol. The van der Waals surface area contributed by atoms with Crippen LogP contribution < -0.4 is 15.2 Å². The largest absolute Gasteiger partial charge is 0.487 e. The van der Waals surface area contributed by atoms with Crippen LogP contribution in [0.1, 0.15) is 24.6 Å². The van der Waals surface area contributed by atoms with Crippen LogP contribution in [-0.2, 0) is 18.4 Å². The molecule has 9 nitrogen and oxygen atoms in total. The molecule has 0 amide bonds. The highest BCUT2D eigenvalue weighted by Crippen LogP contribution is 2.35. The standard InChI is InChI=1S/C28H27FN6O3/c1-34-10-2-3-21(34)16-37-23-13-19(29)14-24(15-23)38-22-6-4-18(5-7-22)26-25-27(30)31-17-32-28(25)35(33-26)20-8-11-36-12-9-20/h2-7,10,13-15,17,20H,8-9,11-12,16H2,1H3,(H2,30,31,32). The Labute approximate surface area is 218 Å². The minimum atomic E-state index is -0.443. The van der Waals surface area contributed by atoms with Crippen LogP contribution in [0.15, 0.2) is 67.1 Å². The van der Waals surface area contributed by atoms with Gasteiger partial charge in [-0.15, -0.1) is 0 Å². The van der Waals surface area contributed by atoms with E-state index in [1.54, 1.807) is 6.07 Å². The lowest BCUT2D eigenvalue weighted by Gasteiger charge is -2.22. The Morgan fingerprint density at radius 2 is 1.82 bits per heavy atom. The maximum absolute atomic E-state index is 14.3. The summed E-state index contributed by atoms with van der Waals surface area (Å²) in [5.41, 5.74) is 9.50. The number of nitrogen functional groups attached to an aromatic ring is 1. The first-order valence-electron chi connectivity index (χ1n) is 12.4. The smallest absolute Gasteiger partial charge is 0.164 e. The Balaban J connectivity index is 1.24. The molecule has 3 aromatic heterocycles. The van der Waals surface area contributed by atoms with Crippen LogP contribution in [0, 0.1) is 5.82 Å². The second-order valence-electron chi connectivity index (χ2n) is 9.24. The average molecular weight is 515 g/mol. The van der Waals surface area contributed by atoms with Crippen molar-refractivity contribution in [2.45, 2.75) is 25.5 Å². The zero-order valence-corrected chi connectivity index (χ0v) is 20.9. The minimum absolute atomic E-state index is 0.183. The summed E-state index contributed by atoms with van der Waals surface area (Å²) in [6.45, 7) is 1.70. The van der Waals surface area contributed by atoms with Crippen molar-refractivity contribution in [3.8, 4) is 28.5 Å². The van der Waals surface area contributed by atoms with E-state index in [2.05, 4.69) is 9.97 Å². The van der Waals surface area contributed by atoms with Crippen LogP contribution in [0.5, 0.6) is 17.2 Å². The first kappa shape index (κ1) is 23.9. The minimum Gasteiger partial charge on any atom is -0.487 e. The van der Waals surface area contributed by atoms with E-state index in [-0.39, 0.29) is 6.04 Å². The van der Waals surface area contributed by atoms with Crippen molar-refractivity contribution in [1.29, 1.82) is 0 Å². The molecular weight excluding hydrogens is 487 g/mol. The van der Waals surface area contributed by atoms with Gasteiger partial charge in [-0.05, 0) is 49.2 Å². The van der Waals surface area contributed by atoms with E-state index in [4.69, 9.17) is 25.0 Å². The van der Waals surface area contributed by atoms with Crippen LogP contribution in [0.25, 0.3) is 22.3 Å². The lowest BCUT2D eigenvalue weighted by molar-refractivity contribution is 0.0674. The number of fused-ring (bicyclic) bond motifs is 1. The Hall–Kier alpha value is -4.44. The highest BCUT2D eigenvalue weighted by molar-refractivity contribution is 5.98. The third kappa shape index (κ3) is 4.78. The number of aryl methyl sites for hydroxylation is 1. The first-order valence-corrected chi connectivity index (χ1v) is 12.4. The van der Waals surface area contributed by atoms with Gasteiger partial charge in [0, 0.05) is 50.2 Å². The number of hydrogen-bond acceptors (Lipinski definition) is 7. The number of benzene rings is 2. The van der Waals surface area contributed by atoms with Crippen LogP contribution in [0.4, 0.5) is 10.2 Å². The fourth-order valence-electron chi connectivity index (χ4n) is 4.68. The van der Waals surface area contributed by atoms with Gasteiger partial charge in [-0.25, -0.2) is 19.0 Å². The fourth-order valence-corrected chi connectivity index (χ4v) is 4.68. The third-order valence-corrected chi connectivity index (χ3v) is 6.70. The Morgan fingerprint density at radius 1 is 1.03 bits per heavy atom. The van der Waals surface area contributed by atoms with E-state index >= 15 is 0 Å². The van der Waals surface area contributed by atoms with Crippen molar-refractivity contribution in [1.82, 2.24) is 24.3 Å². The molecule has 1 aliphatic heterocycles. The van der Waals surface area contributed by atoms with E-state index in [0.717, 1.165) is 29.5 Å². The maximum atomic E-state index is 14.3. The van der Waals surface area contributed by atoms with Gasteiger partial charge in [0.15, 0.2) is 5.65 Å². The summed E-state index contributed by atoms with van der Waals surface area (Å²) in [5, 5.41) is 5.62. The number of ether oxygens (including phenoxy) is 3. The summed E-state index contributed by atoms with van der Waals surface area (Å²) in [5.74, 6) is 1.21. The first-order chi connectivity index (χ1) is 18.5. The van der Waals surface area contributed by atoms with Crippen molar-refractivity contribution >= 4 is 16.9 Å². The molecule has 194 valence electrons. The Morgan fingerprint density at radius 3 is 2.58 bits per heavy atom. The SMILES string of the molecule is Cn1cccc1COc1cc(F)cc(Oc2ccc(-c3nn(C4CCOCC4)c4ncnc(N)c34)cc2)c1. The average Bonchev–Trinajstić information content (AvgIpc) is 3.52. The fraction of sp³-hybridized carbons (Fsp3) is 0.250. The summed E-state index contributed by atoms with van der Waals surface area (Å²) < 4.78 is 35.4. The number of nitrogens with zero attached hydrogens (tertiary/aromatic N) is 5. The van der Waals surface area contributed by atoms with Crippen molar-refractivity contribution in [2.75, 3.05) is 18.9 Å². The van der Waals surface area contributed by atoms with Gasteiger partial charge in [-0.1, -0.05) is 0 Å². The summed E-state index contributed by atoms with van der Waals surface area (Å²) in [4.78, 5) is 8.68. The topological polar surface area (TPSA) is 102 Å². The molecule has 4 heterocycles. The quantitative estimate of drug-likeness (QED) is 0.315. The summed E-state index contributed by atoms with van der Waals surface area (Å²) >= 11 is 0. The molecule has 0 unspecified atom stereocenters. The zero-order chi connectivity index (χ0) is 26.1. The van der Waals surface area contributed by atoms with E-state index in [1.807, 2.05) is 58.9 Å². The van der Waals surface area contributed by atoms with Crippen molar-refractivity contribution in [3.63, 3.8) is 0 Å². The molecule has 2 N–H and O–H groups in total. The number of rotatable bonds is 7. The van der Waals surface area contributed by atoms with Gasteiger partial charge < -0.3 is 24.5 Å². The zero-order valence-electron chi connectivity index (χ0n) is 20.9. The highest BCUT2D eigenvalue weighted by Gasteiger charge is 2.24. The van der Waals surface area contributed by atoms with Gasteiger partial charge in [0.1, 0.15) is 47.5 Å².